The maximum absolute atomic E-state index is 4.86. The molecule has 60 valence electrons. The van der Waals surface area contributed by atoms with Crippen LogP contribution in [0.5, 0.6) is 0 Å². The standard InChI is InChI=1S/C4H8S.C3H6OS/c2*1-2-4-5-3-1/h1-4H2;1-3H2. The summed E-state index contributed by atoms with van der Waals surface area (Å²) in [6.07, 6.45) is 4.17. The second-order valence-corrected chi connectivity index (χ2v) is 4.42. The van der Waals surface area contributed by atoms with E-state index in [4.69, 9.17) is 4.18 Å². The largest absolute Gasteiger partial charge is 0.315 e. The third kappa shape index (κ3) is 4.47. The third-order valence-electron chi connectivity index (χ3n) is 1.37. The Bertz CT molecular complexity index is 44.8. The molecule has 0 aromatic rings. The first kappa shape index (κ1) is 8.75. The highest BCUT2D eigenvalue weighted by molar-refractivity contribution is 7.99. The fourth-order valence-electron chi connectivity index (χ4n) is 0.805. The molecule has 0 aromatic heterocycles. The molecule has 0 N–H and O–H groups in total. The van der Waals surface area contributed by atoms with E-state index in [-0.39, 0.29) is 0 Å². The van der Waals surface area contributed by atoms with E-state index in [1.165, 1.54) is 36.5 Å². The fraction of sp³-hybridized carbons (Fsp3) is 1.00. The molecule has 2 fully saturated rings. The first-order valence-corrected chi connectivity index (χ1v) is 5.89. The Morgan fingerprint density at radius 3 is 1.90 bits per heavy atom. The minimum absolute atomic E-state index is 0.963. The molecule has 0 amide bonds. The lowest BCUT2D eigenvalue weighted by atomic mass is 10.4. The van der Waals surface area contributed by atoms with E-state index in [0.717, 1.165) is 6.61 Å². The van der Waals surface area contributed by atoms with Crippen molar-refractivity contribution in [2.75, 3.05) is 23.9 Å². The molecule has 0 spiro atoms. The molecule has 0 unspecified atom stereocenters. The molecule has 0 atom stereocenters. The van der Waals surface area contributed by atoms with Crippen LogP contribution >= 0.6 is 23.8 Å². The van der Waals surface area contributed by atoms with Gasteiger partial charge in [-0.2, -0.15) is 11.8 Å². The Labute approximate surface area is 71.5 Å². The van der Waals surface area contributed by atoms with Gasteiger partial charge in [0.05, 0.1) is 6.61 Å². The zero-order chi connectivity index (χ0) is 7.07. The number of thioether (sulfide) groups is 1. The van der Waals surface area contributed by atoms with Crippen molar-refractivity contribution in [1.82, 2.24) is 0 Å². The predicted octanol–water partition coefficient (Wildman–Crippen LogP) is 2.57. The topological polar surface area (TPSA) is 9.23 Å². The van der Waals surface area contributed by atoms with Gasteiger partial charge in [0.2, 0.25) is 0 Å². The van der Waals surface area contributed by atoms with Gasteiger partial charge in [-0.3, -0.25) is 0 Å². The summed E-state index contributed by atoms with van der Waals surface area (Å²) in [6, 6.07) is 0. The van der Waals surface area contributed by atoms with E-state index in [0.29, 0.717) is 0 Å². The molecule has 2 heterocycles. The Morgan fingerprint density at radius 2 is 1.70 bits per heavy atom. The van der Waals surface area contributed by atoms with E-state index < -0.39 is 0 Å². The van der Waals surface area contributed by atoms with Crippen molar-refractivity contribution in [1.29, 1.82) is 0 Å². The van der Waals surface area contributed by atoms with E-state index in [2.05, 4.69) is 11.8 Å². The number of hydrogen-bond acceptors (Lipinski definition) is 3. The molecule has 0 saturated carbocycles. The SMILES string of the molecule is C1CCSC1.C1COSC1. The normalized spacial score (nSPS) is 24.0. The van der Waals surface area contributed by atoms with Gasteiger partial charge in [0.1, 0.15) is 0 Å². The Kier molecular flexibility index (Phi) is 5.58. The van der Waals surface area contributed by atoms with Crippen LogP contribution in [0.3, 0.4) is 0 Å². The monoisotopic (exact) mass is 178 g/mol. The van der Waals surface area contributed by atoms with Crippen molar-refractivity contribution in [3.05, 3.63) is 0 Å². The molecule has 1 nitrogen and oxygen atoms in total. The summed E-state index contributed by atoms with van der Waals surface area (Å²) in [6.45, 7) is 0.963. The van der Waals surface area contributed by atoms with Crippen molar-refractivity contribution < 1.29 is 4.18 Å². The maximum Gasteiger partial charge on any atom is 0.0622 e. The number of rotatable bonds is 0. The minimum Gasteiger partial charge on any atom is -0.315 e. The highest BCUT2D eigenvalue weighted by Crippen LogP contribution is 2.14. The summed E-state index contributed by atoms with van der Waals surface area (Å²) >= 11 is 3.65. The van der Waals surface area contributed by atoms with Gasteiger partial charge in [-0.1, -0.05) is 0 Å². The lowest BCUT2D eigenvalue weighted by molar-refractivity contribution is 0.404. The van der Waals surface area contributed by atoms with Crippen molar-refractivity contribution in [3.8, 4) is 0 Å². The van der Waals surface area contributed by atoms with Crippen molar-refractivity contribution >= 4 is 23.8 Å². The van der Waals surface area contributed by atoms with Gasteiger partial charge in [0.25, 0.3) is 0 Å². The Balaban J connectivity index is 0.0000001000. The van der Waals surface area contributed by atoms with Crippen LogP contribution in [-0.2, 0) is 4.18 Å². The summed E-state index contributed by atoms with van der Waals surface area (Å²) in [5, 5.41) is 0. The van der Waals surface area contributed by atoms with Gasteiger partial charge < -0.3 is 4.18 Å². The molecule has 0 aromatic carbocycles. The molecule has 0 radical (unpaired) electrons. The average Bonchev–Trinajstić information content (AvgIpc) is 2.67. The van der Waals surface area contributed by atoms with Crippen LogP contribution in [-0.4, -0.2) is 23.9 Å². The molecule has 2 aliphatic heterocycles. The first-order chi connectivity index (χ1) is 5.00. The second kappa shape index (κ2) is 6.38. The summed E-state index contributed by atoms with van der Waals surface area (Å²) in [5.74, 6) is 4.03. The zero-order valence-corrected chi connectivity index (χ0v) is 7.81. The molecule has 2 rings (SSSR count). The van der Waals surface area contributed by atoms with Gasteiger partial charge >= 0.3 is 0 Å². The quantitative estimate of drug-likeness (QED) is 0.528. The maximum atomic E-state index is 4.86. The summed E-state index contributed by atoms with van der Waals surface area (Å²) in [7, 11) is 0. The lowest BCUT2D eigenvalue weighted by Crippen LogP contribution is -1.69. The lowest BCUT2D eigenvalue weighted by Gasteiger charge is -1.74. The van der Waals surface area contributed by atoms with E-state index in [9.17, 15) is 0 Å². The minimum atomic E-state index is 0.963. The van der Waals surface area contributed by atoms with Crippen LogP contribution < -0.4 is 0 Å². The van der Waals surface area contributed by atoms with Crippen molar-refractivity contribution in [2.24, 2.45) is 0 Å². The van der Waals surface area contributed by atoms with E-state index in [1.54, 1.807) is 12.0 Å². The van der Waals surface area contributed by atoms with Crippen LogP contribution in [0, 0.1) is 0 Å². The number of hydrogen-bond donors (Lipinski definition) is 0. The summed E-state index contributed by atoms with van der Waals surface area (Å²) in [4.78, 5) is 0. The molecule has 10 heavy (non-hydrogen) atoms. The molecule has 0 aliphatic carbocycles. The van der Waals surface area contributed by atoms with Crippen molar-refractivity contribution in [2.45, 2.75) is 19.3 Å². The highest BCUT2D eigenvalue weighted by Gasteiger charge is 1.96. The summed E-state index contributed by atoms with van der Waals surface area (Å²) in [5.41, 5.74) is 0. The highest BCUT2D eigenvalue weighted by atomic mass is 32.2. The fourth-order valence-corrected chi connectivity index (χ4v) is 2.41. The molecule has 2 saturated heterocycles. The molecular weight excluding hydrogens is 164 g/mol. The second-order valence-electron chi connectivity index (χ2n) is 2.32. The zero-order valence-electron chi connectivity index (χ0n) is 6.17. The molecule has 0 bridgehead atoms. The van der Waals surface area contributed by atoms with E-state index in [1.807, 2.05) is 0 Å². The van der Waals surface area contributed by atoms with Gasteiger partial charge in [-0.05, 0) is 42.8 Å². The van der Waals surface area contributed by atoms with Gasteiger partial charge in [-0.15, -0.1) is 0 Å². The smallest absolute Gasteiger partial charge is 0.0622 e. The average molecular weight is 178 g/mol. The predicted molar refractivity (Wildman–Crippen MR) is 49.6 cm³/mol. The van der Waals surface area contributed by atoms with Crippen LogP contribution in [0.4, 0.5) is 0 Å². The van der Waals surface area contributed by atoms with Crippen LogP contribution in [0.1, 0.15) is 19.3 Å². The van der Waals surface area contributed by atoms with Gasteiger partial charge in [-0.25, -0.2) is 0 Å². The van der Waals surface area contributed by atoms with Gasteiger partial charge in [0.15, 0.2) is 0 Å². The van der Waals surface area contributed by atoms with Crippen molar-refractivity contribution in [3.63, 3.8) is 0 Å². The Hall–Kier alpha value is 0.660. The van der Waals surface area contributed by atoms with Gasteiger partial charge in [0, 0.05) is 5.75 Å². The third-order valence-corrected chi connectivity index (χ3v) is 3.31. The van der Waals surface area contributed by atoms with Crippen LogP contribution in [0.15, 0.2) is 0 Å². The molecule has 2 aliphatic rings. The van der Waals surface area contributed by atoms with Crippen LogP contribution in [0.2, 0.25) is 0 Å². The molecular formula is C7H14OS2. The van der Waals surface area contributed by atoms with Crippen LogP contribution in [0.25, 0.3) is 0 Å². The van der Waals surface area contributed by atoms with E-state index >= 15 is 0 Å². The molecule has 3 heteroatoms. The summed E-state index contributed by atoms with van der Waals surface area (Å²) < 4.78 is 4.86. The first-order valence-electron chi connectivity index (χ1n) is 3.82. The Morgan fingerprint density at radius 1 is 0.900 bits per heavy atom.